The molecule has 0 aliphatic rings. The molecule has 0 aromatic carbocycles. The van der Waals surface area contributed by atoms with Gasteiger partial charge in [0.25, 0.3) is 0 Å². The van der Waals surface area contributed by atoms with Crippen LogP contribution >= 0.6 is 0 Å². The highest BCUT2D eigenvalue weighted by Gasteiger charge is 2.12. The second-order valence-corrected chi connectivity index (χ2v) is 5.12. The zero-order valence-corrected chi connectivity index (χ0v) is 11.7. The van der Waals surface area contributed by atoms with Crippen LogP contribution in [0.15, 0.2) is 6.20 Å². The van der Waals surface area contributed by atoms with Crippen molar-refractivity contribution in [2.75, 3.05) is 13.1 Å². The van der Waals surface area contributed by atoms with Gasteiger partial charge in [-0.3, -0.25) is 10.00 Å². The third-order valence-electron chi connectivity index (χ3n) is 3.12. The fraction of sp³-hybridized carbons (Fsp3) is 0.769. The first-order valence-corrected chi connectivity index (χ1v) is 6.47. The summed E-state index contributed by atoms with van der Waals surface area (Å²) in [6.45, 7) is 14.1. The van der Waals surface area contributed by atoms with Crippen LogP contribution in [-0.2, 0) is 6.54 Å². The second-order valence-electron chi connectivity index (χ2n) is 5.12. The minimum atomic E-state index is 0.604. The zero-order chi connectivity index (χ0) is 12.8. The fourth-order valence-electron chi connectivity index (χ4n) is 2.10. The Hall–Kier alpha value is -0.870. The van der Waals surface area contributed by atoms with E-state index in [2.05, 4.69) is 55.0 Å². The Morgan fingerprint density at radius 1 is 1.29 bits per heavy atom. The van der Waals surface area contributed by atoms with Gasteiger partial charge in [0.05, 0.1) is 6.20 Å². The van der Waals surface area contributed by atoms with Crippen molar-refractivity contribution < 1.29 is 0 Å². The van der Waals surface area contributed by atoms with Gasteiger partial charge >= 0.3 is 0 Å². The summed E-state index contributed by atoms with van der Waals surface area (Å²) < 4.78 is 0. The lowest BCUT2D eigenvalue weighted by molar-refractivity contribution is 0.176. The molecule has 1 aromatic heterocycles. The Morgan fingerprint density at radius 2 is 1.94 bits per heavy atom. The summed E-state index contributed by atoms with van der Waals surface area (Å²) in [5.74, 6) is 0. The van der Waals surface area contributed by atoms with Crippen molar-refractivity contribution in [2.45, 2.75) is 53.2 Å². The monoisotopic (exact) mass is 238 g/mol. The van der Waals surface area contributed by atoms with E-state index in [1.807, 2.05) is 6.20 Å². The molecule has 0 unspecified atom stereocenters. The summed E-state index contributed by atoms with van der Waals surface area (Å²) in [6, 6.07) is 1.21. The maximum atomic E-state index is 4.02. The number of H-pyrrole nitrogens is 1. The van der Waals surface area contributed by atoms with Gasteiger partial charge in [0, 0.05) is 43.0 Å². The fourth-order valence-corrected chi connectivity index (χ4v) is 2.10. The minimum Gasteiger partial charge on any atom is -0.311 e. The van der Waals surface area contributed by atoms with Crippen molar-refractivity contribution in [2.24, 2.45) is 0 Å². The molecule has 1 rings (SSSR count). The number of aryl methyl sites for hydroxylation is 1. The molecule has 4 nitrogen and oxygen atoms in total. The van der Waals surface area contributed by atoms with Crippen LogP contribution in [0.25, 0.3) is 0 Å². The molecule has 98 valence electrons. The van der Waals surface area contributed by atoms with Crippen LogP contribution in [0.4, 0.5) is 0 Å². The molecular formula is C13H26N4. The molecule has 0 aliphatic heterocycles. The molecule has 17 heavy (non-hydrogen) atoms. The molecule has 0 saturated carbocycles. The van der Waals surface area contributed by atoms with Gasteiger partial charge in [-0.05, 0) is 34.6 Å². The number of aromatic amines is 1. The molecular weight excluding hydrogens is 212 g/mol. The van der Waals surface area contributed by atoms with E-state index in [4.69, 9.17) is 0 Å². The third-order valence-corrected chi connectivity index (χ3v) is 3.12. The van der Waals surface area contributed by atoms with E-state index in [9.17, 15) is 0 Å². The summed E-state index contributed by atoms with van der Waals surface area (Å²) >= 11 is 0. The van der Waals surface area contributed by atoms with Crippen LogP contribution in [0.2, 0.25) is 0 Å². The number of rotatable bonds is 7. The molecule has 0 radical (unpaired) electrons. The maximum Gasteiger partial charge on any atom is 0.0535 e. The van der Waals surface area contributed by atoms with E-state index in [0.717, 1.165) is 25.3 Å². The highest BCUT2D eigenvalue weighted by Crippen LogP contribution is 2.04. The van der Waals surface area contributed by atoms with E-state index in [1.165, 1.54) is 5.56 Å². The molecule has 1 heterocycles. The predicted octanol–water partition coefficient (Wildman–Crippen LogP) is 1.93. The first-order chi connectivity index (χ1) is 8.02. The molecule has 2 N–H and O–H groups in total. The van der Waals surface area contributed by atoms with Crippen LogP contribution in [-0.4, -0.2) is 40.3 Å². The van der Waals surface area contributed by atoms with Crippen molar-refractivity contribution in [3.8, 4) is 0 Å². The summed E-state index contributed by atoms with van der Waals surface area (Å²) in [6.07, 6.45) is 1.89. The number of hydrogen-bond donors (Lipinski definition) is 2. The van der Waals surface area contributed by atoms with Crippen molar-refractivity contribution in [3.63, 3.8) is 0 Å². The lowest BCUT2D eigenvalue weighted by Gasteiger charge is -2.30. The number of nitrogens with one attached hydrogen (secondary N) is 2. The Labute approximate surface area is 105 Å². The van der Waals surface area contributed by atoms with Crippen molar-refractivity contribution in [3.05, 3.63) is 17.5 Å². The highest BCUT2D eigenvalue weighted by atomic mass is 15.2. The second kappa shape index (κ2) is 6.77. The SMILES string of the molecule is Cc1[nH]ncc1CNCCN(C(C)C)C(C)C. The zero-order valence-electron chi connectivity index (χ0n) is 11.7. The molecule has 0 saturated heterocycles. The van der Waals surface area contributed by atoms with Gasteiger partial charge < -0.3 is 5.32 Å². The van der Waals surface area contributed by atoms with Crippen LogP contribution in [0, 0.1) is 6.92 Å². The van der Waals surface area contributed by atoms with Gasteiger partial charge in [0.15, 0.2) is 0 Å². The first-order valence-electron chi connectivity index (χ1n) is 6.47. The third kappa shape index (κ3) is 4.48. The summed E-state index contributed by atoms with van der Waals surface area (Å²) in [4.78, 5) is 2.50. The van der Waals surface area contributed by atoms with Gasteiger partial charge in [-0.25, -0.2) is 0 Å². The molecule has 0 atom stereocenters. The lowest BCUT2D eigenvalue weighted by Crippen LogP contribution is -2.41. The number of hydrogen-bond acceptors (Lipinski definition) is 3. The van der Waals surface area contributed by atoms with E-state index < -0.39 is 0 Å². The standard InChI is InChI=1S/C13H26N4/c1-10(2)17(11(3)4)7-6-14-8-13-9-15-16-12(13)5/h9-11,14H,6-8H2,1-5H3,(H,15,16). The summed E-state index contributed by atoms with van der Waals surface area (Å²) in [7, 11) is 0. The number of nitrogens with zero attached hydrogens (tertiary/aromatic N) is 2. The van der Waals surface area contributed by atoms with Gasteiger partial charge in [-0.15, -0.1) is 0 Å². The normalized spacial score (nSPS) is 12.0. The van der Waals surface area contributed by atoms with Crippen molar-refractivity contribution in [1.82, 2.24) is 20.4 Å². The number of aromatic nitrogens is 2. The topological polar surface area (TPSA) is 44.0 Å². The highest BCUT2D eigenvalue weighted by molar-refractivity contribution is 5.13. The summed E-state index contributed by atoms with van der Waals surface area (Å²) in [5.41, 5.74) is 2.41. The van der Waals surface area contributed by atoms with Crippen LogP contribution in [0.5, 0.6) is 0 Å². The van der Waals surface area contributed by atoms with Crippen LogP contribution in [0.1, 0.15) is 39.0 Å². The van der Waals surface area contributed by atoms with E-state index >= 15 is 0 Å². The quantitative estimate of drug-likeness (QED) is 0.713. The Bertz CT molecular complexity index is 309. The largest absolute Gasteiger partial charge is 0.311 e. The van der Waals surface area contributed by atoms with E-state index in [-0.39, 0.29) is 0 Å². The van der Waals surface area contributed by atoms with Gasteiger partial charge in [-0.1, -0.05) is 0 Å². The lowest BCUT2D eigenvalue weighted by atomic mass is 10.2. The smallest absolute Gasteiger partial charge is 0.0535 e. The maximum absolute atomic E-state index is 4.02. The Balaban J connectivity index is 2.25. The van der Waals surface area contributed by atoms with Crippen LogP contribution < -0.4 is 5.32 Å². The van der Waals surface area contributed by atoms with Gasteiger partial charge in [0.2, 0.25) is 0 Å². The van der Waals surface area contributed by atoms with E-state index in [1.54, 1.807) is 0 Å². The molecule has 4 heteroatoms. The van der Waals surface area contributed by atoms with Gasteiger partial charge in [-0.2, -0.15) is 5.10 Å². The average Bonchev–Trinajstić information content (AvgIpc) is 2.63. The Morgan fingerprint density at radius 3 is 2.41 bits per heavy atom. The molecule has 0 fully saturated rings. The molecule has 0 amide bonds. The molecule has 1 aromatic rings. The molecule has 0 aliphatic carbocycles. The first kappa shape index (κ1) is 14.2. The van der Waals surface area contributed by atoms with Gasteiger partial charge in [0.1, 0.15) is 0 Å². The van der Waals surface area contributed by atoms with Crippen molar-refractivity contribution in [1.29, 1.82) is 0 Å². The van der Waals surface area contributed by atoms with E-state index in [0.29, 0.717) is 12.1 Å². The minimum absolute atomic E-state index is 0.604. The van der Waals surface area contributed by atoms with Crippen molar-refractivity contribution >= 4 is 0 Å². The molecule has 0 bridgehead atoms. The predicted molar refractivity (Wildman–Crippen MR) is 72.0 cm³/mol. The van der Waals surface area contributed by atoms with Crippen LogP contribution in [0.3, 0.4) is 0 Å². The Kier molecular flexibility index (Phi) is 5.65. The molecule has 0 spiro atoms. The average molecular weight is 238 g/mol. The summed E-state index contributed by atoms with van der Waals surface area (Å²) in [5, 5.41) is 10.4.